The molecular weight excluding hydrogens is 428 g/mol. The molecule has 0 atom stereocenters. The molecule has 0 aliphatic rings. The van der Waals surface area contributed by atoms with Gasteiger partial charge < -0.3 is 4.57 Å². The molecule has 31 heavy (non-hydrogen) atoms. The van der Waals surface area contributed by atoms with Crippen molar-refractivity contribution in [2.75, 3.05) is 0 Å². The second-order valence-electron chi connectivity index (χ2n) is 9.17. The van der Waals surface area contributed by atoms with Crippen LogP contribution < -0.4 is 5.14 Å². The fourth-order valence-electron chi connectivity index (χ4n) is 3.71. The molecule has 3 aromatic rings. The molecule has 0 aliphatic carbocycles. The van der Waals surface area contributed by atoms with Gasteiger partial charge >= 0.3 is 0 Å². The van der Waals surface area contributed by atoms with Gasteiger partial charge in [-0.25, -0.2) is 18.5 Å². The molecule has 0 amide bonds. The molecule has 8 heteroatoms. The molecule has 0 fully saturated rings. The zero-order chi connectivity index (χ0) is 23.1. The summed E-state index contributed by atoms with van der Waals surface area (Å²) in [5.74, 6) is 1.25. The van der Waals surface area contributed by atoms with Gasteiger partial charge in [-0.15, -0.1) is 11.3 Å². The van der Waals surface area contributed by atoms with Crippen LogP contribution in [0, 0.1) is 24.2 Å². The topological polar surface area (TPSA) is 102 Å². The standard InChI is InChI=1S/C23H28N4O2S2/c1-14(2)11-16-12-18(21(30-16)31(25,28)29)17-7-8-20(15(3)19(17)13-24)27-10-9-26-22(27)23(4,5)6/h7-10,12,14H,11H2,1-6H3,(H2,25,28,29). The first-order valence-electron chi connectivity index (χ1n) is 10.1. The molecule has 0 spiro atoms. The summed E-state index contributed by atoms with van der Waals surface area (Å²) in [7, 11) is -3.92. The lowest BCUT2D eigenvalue weighted by atomic mass is 9.94. The van der Waals surface area contributed by atoms with Crippen molar-refractivity contribution in [3.05, 3.63) is 52.4 Å². The Kier molecular flexibility index (Phi) is 6.16. The van der Waals surface area contributed by atoms with Crippen LogP contribution in [0.15, 0.2) is 34.8 Å². The van der Waals surface area contributed by atoms with Crippen molar-refractivity contribution in [2.45, 2.75) is 57.6 Å². The van der Waals surface area contributed by atoms with Gasteiger partial charge in [0, 0.05) is 33.8 Å². The van der Waals surface area contributed by atoms with Crippen LogP contribution in [0.2, 0.25) is 0 Å². The van der Waals surface area contributed by atoms with Crippen molar-refractivity contribution in [3.63, 3.8) is 0 Å². The molecule has 0 saturated carbocycles. The van der Waals surface area contributed by atoms with Crippen LogP contribution in [0.5, 0.6) is 0 Å². The minimum atomic E-state index is -3.92. The maximum Gasteiger partial charge on any atom is 0.248 e. The van der Waals surface area contributed by atoms with E-state index in [1.54, 1.807) is 6.20 Å². The minimum Gasteiger partial charge on any atom is -0.303 e. The Balaban J connectivity index is 2.25. The highest BCUT2D eigenvalue weighted by molar-refractivity contribution is 7.91. The third-order valence-electron chi connectivity index (χ3n) is 5.03. The molecule has 2 N–H and O–H groups in total. The van der Waals surface area contributed by atoms with Crippen LogP contribution in [0.1, 0.15) is 56.4 Å². The van der Waals surface area contributed by atoms with E-state index in [2.05, 4.69) is 45.7 Å². The number of nitrogens with two attached hydrogens (primary N) is 1. The highest BCUT2D eigenvalue weighted by Crippen LogP contribution is 2.39. The Hall–Kier alpha value is -2.47. The number of primary sulfonamides is 1. The van der Waals surface area contributed by atoms with Gasteiger partial charge in [-0.1, -0.05) is 40.7 Å². The van der Waals surface area contributed by atoms with Crippen LogP contribution in [-0.2, 0) is 21.9 Å². The molecule has 164 valence electrons. The fraction of sp³-hybridized carbons (Fsp3) is 0.391. The number of nitrogens with zero attached hydrogens (tertiary/aromatic N) is 3. The van der Waals surface area contributed by atoms with Crippen LogP contribution in [0.4, 0.5) is 0 Å². The predicted octanol–water partition coefficient (Wildman–Crippen LogP) is 4.92. The zero-order valence-corrected chi connectivity index (χ0v) is 20.4. The van der Waals surface area contributed by atoms with Crippen LogP contribution in [0.3, 0.4) is 0 Å². The van der Waals surface area contributed by atoms with E-state index in [9.17, 15) is 13.7 Å². The number of thiophene rings is 1. The highest BCUT2D eigenvalue weighted by Gasteiger charge is 2.25. The SMILES string of the molecule is Cc1c(-n2ccnc2C(C)(C)C)ccc(-c2cc(CC(C)C)sc2S(N)(=O)=O)c1C#N. The number of imidazole rings is 1. The van der Waals surface area contributed by atoms with Crippen LogP contribution in [-0.4, -0.2) is 18.0 Å². The molecule has 0 radical (unpaired) electrons. The van der Waals surface area contributed by atoms with Crippen molar-refractivity contribution < 1.29 is 8.42 Å². The number of aromatic nitrogens is 2. The summed E-state index contributed by atoms with van der Waals surface area (Å²) in [6, 6.07) is 7.87. The van der Waals surface area contributed by atoms with Gasteiger partial charge in [-0.05, 0) is 37.0 Å². The summed E-state index contributed by atoms with van der Waals surface area (Å²) in [5, 5.41) is 15.5. The third-order valence-corrected chi connectivity index (χ3v) is 7.66. The lowest BCUT2D eigenvalue weighted by Gasteiger charge is -2.21. The monoisotopic (exact) mass is 456 g/mol. The summed E-state index contributed by atoms with van der Waals surface area (Å²) >= 11 is 1.18. The molecule has 1 aromatic carbocycles. The fourth-order valence-corrected chi connectivity index (χ4v) is 6.08. The lowest BCUT2D eigenvalue weighted by Crippen LogP contribution is -2.18. The third kappa shape index (κ3) is 4.59. The molecule has 0 unspecified atom stereocenters. The molecule has 6 nitrogen and oxygen atoms in total. The van der Waals surface area contributed by atoms with Gasteiger partial charge in [-0.3, -0.25) is 0 Å². The van der Waals surface area contributed by atoms with Crippen molar-refractivity contribution in [3.8, 4) is 22.9 Å². The molecular formula is C23H28N4O2S2. The van der Waals surface area contributed by atoms with Gasteiger partial charge in [0.1, 0.15) is 16.1 Å². The number of hydrogen-bond acceptors (Lipinski definition) is 5. The Bertz CT molecular complexity index is 1270. The van der Waals surface area contributed by atoms with Gasteiger partial charge in [-0.2, -0.15) is 5.26 Å². The number of rotatable bonds is 5. The van der Waals surface area contributed by atoms with Crippen LogP contribution >= 0.6 is 11.3 Å². The van der Waals surface area contributed by atoms with E-state index in [0.717, 1.165) is 28.4 Å². The minimum absolute atomic E-state index is 0.102. The first-order valence-corrected chi connectivity index (χ1v) is 12.4. The summed E-state index contributed by atoms with van der Waals surface area (Å²) in [6.45, 7) is 12.3. The molecule has 2 aromatic heterocycles. The summed E-state index contributed by atoms with van der Waals surface area (Å²) < 4.78 is 26.7. The Morgan fingerprint density at radius 1 is 1.26 bits per heavy atom. The van der Waals surface area contributed by atoms with Gasteiger partial charge in [0.2, 0.25) is 10.0 Å². The van der Waals surface area contributed by atoms with E-state index in [1.807, 2.05) is 35.9 Å². The van der Waals surface area contributed by atoms with E-state index in [0.29, 0.717) is 22.6 Å². The van der Waals surface area contributed by atoms with E-state index >= 15 is 0 Å². The van der Waals surface area contributed by atoms with Gasteiger partial charge in [0.15, 0.2) is 0 Å². The number of hydrogen-bond donors (Lipinski definition) is 1. The average Bonchev–Trinajstić information content (AvgIpc) is 3.27. The first kappa shape index (κ1) is 23.2. The lowest BCUT2D eigenvalue weighted by molar-refractivity contribution is 0.536. The van der Waals surface area contributed by atoms with E-state index in [-0.39, 0.29) is 9.62 Å². The van der Waals surface area contributed by atoms with Gasteiger partial charge in [0.25, 0.3) is 0 Å². The largest absolute Gasteiger partial charge is 0.303 e. The maximum absolute atomic E-state index is 12.3. The summed E-state index contributed by atoms with van der Waals surface area (Å²) in [5.41, 5.74) is 2.94. The average molecular weight is 457 g/mol. The van der Waals surface area contributed by atoms with E-state index < -0.39 is 10.0 Å². The molecule has 0 aliphatic heterocycles. The highest BCUT2D eigenvalue weighted by atomic mass is 32.2. The normalized spacial score (nSPS) is 12.4. The van der Waals surface area contributed by atoms with Gasteiger partial charge in [0.05, 0.1) is 11.3 Å². The van der Waals surface area contributed by atoms with E-state index in [1.165, 1.54) is 11.3 Å². The molecule has 0 bridgehead atoms. The second kappa shape index (κ2) is 8.23. The Labute approximate surface area is 188 Å². The molecule has 3 rings (SSSR count). The van der Waals surface area contributed by atoms with Crippen molar-refractivity contribution in [1.29, 1.82) is 5.26 Å². The van der Waals surface area contributed by atoms with Crippen molar-refractivity contribution >= 4 is 21.4 Å². The smallest absolute Gasteiger partial charge is 0.248 e. The summed E-state index contributed by atoms with van der Waals surface area (Å²) in [4.78, 5) is 5.44. The summed E-state index contributed by atoms with van der Waals surface area (Å²) in [6.07, 6.45) is 4.37. The number of nitriles is 1. The second-order valence-corrected chi connectivity index (χ2v) is 12.1. The number of benzene rings is 1. The molecule has 0 saturated heterocycles. The maximum atomic E-state index is 12.3. The van der Waals surface area contributed by atoms with Crippen molar-refractivity contribution in [1.82, 2.24) is 9.55 Å². The van der Waals surface area contributed by atoms with E-state index in [4.69, 9.17) is 5.14 Å². The van der Waals surface area contributed by atoms with Crippen molar-refractivity contribution in [2.24, 2.45) is 11.1 Å². The predicted molar refractivity (Wildman–Crippen MR) is 125 cm³/mol. The molecule has 2 heterocycles. The first-order chi connectivity index (χ1) is 14.3. The zero-order valence-electron chi connectivity index (χ0n) is 18.7. The number of sulfonamides is 1. The Morgan fingerprint density at radius 2 is 1.94 bits per heavy atom. The quantitative estimate of drug-likeness (QED) is 0.588. The Morgan fingerprint density at radius 3 is 2.48 bits per heavy atom. The van der Waals surface area contributed by atoms with Crippen LogP contribution in [0.25, 0.3) is 16.8 Å².